The van der Waals surface area contributed by atoms with E-state index in [-0.39, 0.29) is 17.2 Å². The zero-order valence-corrected chi connectivity index (χ0v) is 16.0. The molecule has 0 heterocycles. The Kier molecular flexibility index (Phi) is 6.34. The van der Waals surface area contributed by atoms with Gasteiger partial charge in [0.15, 0.2) is 5.78 Å². The summed E-state index contributed by atoms with van der Waals surface area (Å²) in [6.45, 7) is 0. The first-order valence-electron chi connectivity index (χ1n) is 8.90. The first-order chi connectivity index (χ1) is 14.5. The monoisotopic (exact) mass is 403 g/mol. The van der Waals surface area contributed by atoms with Crippen molar-refractivity contribution in [3.63, 3.8) is 0 Å². The number of para-hydroxylation sites is 1. The summed E-state index contributed by atoms with van der Waals surface area (Å²) in [5.74, 6) is -0.174. The van der Waals surface area contributed by atoms with Crippen LogP contribution in [0.3, 0.4) is 0 Å². The maximum atomic E-state index is 12.3. The van der Waals surface area contributed by atoms with Crippen LogP contribution >= 0.6 is 0 Å². The Morgan fingerprint density at radius 2 is 1.70 bits per heavy atom. The highest BCUT2D eigenvalue weighted by molar-refractivity contribution is 6.07. The summed E-state index contributed by atoms with van der Waals surface area (Å²) in [6, 6.07) is 18.8. The molecule has 0 aromatic heterocycles. The van der Waals surface area contributed by atoms with Gasteiger partial charge in [-0.3, -0.25) is 14.9 Å². The van der Waals surface area contributed by atoms with Crippen LogP contribution in [0.4, 0.5) is 5.69 Å². The van der Waals surface area contributed by atoms with Crippen molar-refractivity contribution in [1.29, 1.82) is 0 Å². The summed E-state index contributed by atoms with van der Waals surface area (Å²) in [5, 5.41) is 10.8. The van der Waals surface area contributed by atoms with E-state index in [1.54, 1.807) is 36.4 Å². The van der Waals surface area contributed by atoms with Crippen molar-refractivity contribution >= 4 is 23.5 Å². The minimum Gasteiger partial charge on any atom is -0.496 e. The molecule has 0 fully saturated rings. The molecular weight excluding hydrogens is 386 g/mol. The molecule has 0 saturated heterocycles. The lowest BCUT2D eigenvalue weighted by molar-refractivity contribution is -0.384. The van der Waals surface area contributed by atoms with Gasteiger partial charge in [-0.25, -0.2) is 4.79 Å². The minimum atomic E-state index is -0.572. The standard InChI is InChI=1S/C23H17NO6/c1-29-22-8-3-2-7-20(22)23(26)30-19-12-10-17(11-13-19)21(25)14-9-16-5-4-6-18(15-16)24(27)28/h2-15H,1H3/b14-9+. The second-order valence-electron chi connectivity index (χ2n) is 6.16. The molecule has 0 atom stereocenters. The summed E-state index contributed by atoms with van der Waals surface area (Å²) in [6.07, 6.45) is 2.83. The summed E-state index contributed by atoms with van der Waals surface area (Å²) in [4.78, 5) is 35.0. The van der Waals surface area contributed by atoms with Gasteiger partial charge in [-0.05, 0) is 48.0 Å². The normalized spacial score (nSPS) is 10.6. The molecule has 0 spiro atoms. The number of nitrogens with zero attached hydrogens (tertiary/aromatic N) is 1. The maximum absolute atomic E-state index is 12.3. The summed E-state index contributed by atoms with van der Waals surface area (Å²) in [7, 11) is 1.47. The van der Waals surface area contributed by atoms with Gasteiger partial charge in [0.2, 0.25) is 0 Å². The number of rotatable bonds is 7. The molecule has 0 radical (unpaired) electrons. The molecule has 0 saturated carbocycles. The van der Waals surface area contributed by atoms with Gasteiger partial charge in [0, 0.05) is 17.7 Å². The molecule has 3 rings (SSSR count). The summed E-state index contributed by atoms with van der Waals surface area (Å²) < 4.78 is 10.5. The highest BCUT2D eigenvalue weighted by Gasteiger charge is 2.14. The quantitative estimate of drug-likeness (QED) is 0.141. The van der Waals surface area contributed by atoms with Gasteiger partial charge in [0.05, 0.1) is 12.0 Å². The molecule has 0 bridgehead atoms. The van der Waals surface area contributed by atoms with Crippen LogP contribution in [-0.4, -0.2) is 23.8 Å². The van der Waals surface area contributed by atoms with Crippen LogP contribution in [-0.2, 0) is 0 Å². The lowest BCUT2D eigenvalue weighted by Gasteiger charge is -2.08. The average molecular weight is 403 g/mol. The van der Waals surface area contributed by atoms with E-state index in [0.717, 1.165) is 0 Å². The van der Waals surface area contributed by atoms with E-state index in [1.165, 1.54) is 55.7 Å². The van der Waals surface area contributed by atoms with Crippen LogP contribution < -0.4 is 9.47 Å². The third-order valence-corrected chi connectivity index (χ3v) is 4.18. The zero-order valence-electron chi connectivity index (χ0n) is 16.0. The van der Waals surface area contributed by atoms with E-state index < -0.39 is 10.9 Å². The topological polar surface area (TPSA) is 95.7 Å². The molecule has 0 aliphatic carbocycles. The van der Waals surface area contributed by atoms with Gasteiger partial charge >= 0.3 is 5.97 Å². The Balaban J connectivity index is 1.68. The first kappa shape index (κ1) is 20.5. The molecule has 3 aromatic carbocycles. The lowest BCUT2D eigenvalue weighted by Crippen LogP contribution is -2.10. The van der Waals surface area contributed by atoms with E-state index in [9.17, 15) is 19.7 Å². The van der Waals surface area contributed by atoms with Crippen LogP contribution in [0.5, 0.6) is 11.5 Å². The molecule has 0 amide bonds. The van der Waals surface area contributed by atoms with E-state index in [4.69, 9.17) is 9.47 Å². The molecule has 3 aromatic rings. The maximum Gasteiger partial charge on any atom is 0.347 e. The number of ether oxygens (including phenoxy) is 2. The predicted molar refractivity (Wildman–Crippen MR) is 111 cm³/mol. The second kappa shape index (κ2) is 9.29. The number of ketones is 1. The molecule has 30 heavy (non-hydrogen) atoms. The van der Waals surface area contributed by atoms with Gasteiger partial charge in [0.25, 0.3) is 5.69 Å². The fourth-order valence-corrected chi connectivity index (χ4v) is 2.67. The largest absolute Gasteiger partial charge is 0.496 e. The number of hydrogen-bond donors (Lipinski definition) is 0. The minimum absolute atomic E-state index is 0.0502. The molecule has 7 heteroatoms. The van der Waals surface area contributed by atoms with Gasteiger partial charge < -0.3 is 9.47 Å². The number of nitro groups is 1. The number of carbonyl (C=O) groups excluding carboxylic acids is 2. The van der Waals surface area contributed by atoms with E-state index in [0.29, 0.717) is 22.4 Å². The van der Waals surface area contributed by atoms with Crippen LogP contribution in [0.1, 0.15) is 26.3 Å². The third kappa shape index (κ3) is 4.96. The van der Waals surface area contributed by atoms with Crippen LogP contribution in [0.25, 0.3) is 6.08 Å². The van der Waals surface area contributed by atoms with Crippen molar-refractivity contribution in [3.8, 4) is 11.5 Å². The van der Waals surface area contributed by atoms with Gasteiger partial charge in [-0.2, -0.15) is 0 Å². The molecule has 0 aliphatic rings. The van der Waals surface area contributed by atoms with Crippen LogP contribution in [0.15, 0.2) is 78.9 Å². The highest BCUT2D eigenvalue weighted by Crippen LogP contribution is 2.21. The number of nitro benzene ring substituents is 1. The van der Waals surface area contributed by atoms with Crippen molar-refractivity contribution < 1.29 is 24.0 Å². The van der Waals surface area contributed by atoms with E-state index in [1.807, 2.05) is 0 Å². The van der Waals surface area contributed by atoms with Crippen molar-refractivity contribution in [2.75, 3.05) is 7.11 Å². The molecule has 150 valence electrons. The third-order valence-electron chi connectivity index (χ3n) is 4.18. The molecular formula is C23H17NO6. The summed E-state index contributed by atoms with van der Waals surface area (Å²) >= 11 is 0. The van der Waals surface area contributed by atoms with Crippen LogP contribution in [0.2, 0.25) is 0 Å². The number of methoxy groups -OCH3 is 1. The van der Waals surface area contributed by atoms with E-state index in [2.05, 4.69) is 0 Å². The second-order valence-corrected chi connectivity index (χ2v) is 6.16. The van der Waals surface area contributed by atoms with Crippen molar-refractivity contribution in [2.24, 2.45) is 0 Å². The SMILES string of the molecule is COc1ccccc1C(=O)Oc1ccc(C(=O)/C=C/c2cccc([N+](=O)[O-])c2)cc1. The summed E-state index contributed by atoms with van der Waals surface area (Å²) in [5.41, 5.74) is 1.17. The fourth-order valence-electron chi connectivity index (χ4n) is 2.67. The number of esters is 1. The average Bonchev–Trinajstić information content (AvgIpc) is 2.78. The number of carbonyl (C=O) groups is 2. The molecule has 7 nitrogen and oxygen atoms in total. The number of non-ortho nitro benzene ring substituents is 1. The molecule has 0 N–H and O–H groups in total. The zero-order chi connectivity index (χ0) is 21.5. The molecule has 0 aliphatic heterocycles. The smallest absolute Gasteiger partial charge is 0.347 e. The first-order valence-corrected chi connectivity index (χ1v) is 8.90. The predicted octanol–water partition coefficient (Wildman–Crippen LogP) is 4.72. The van der Waals surface area contributed by atoms with Gasteiger partial charge in [0.1, 0.15) is 17.1 Å². The Hall–Kier alpha value is -4.26. The fraction of sp³-hybridized carbons (Fsp3) is 0.0435. The highest BCUT2D eigenvalue weighted by atomic mass is 16.6. The molecule has 0 unspecified atom stereocenters. The van der Waals surface area contributed by atoms with Crippen molar-refractivity contribution in [2.45, 2.75) is 0 Å². The lowest BCUT2D eigenvalue weighted by atomic mass is 10.1. The van der Waals surface area contributed by atoms with Gasteiger partial charge in [-0.1, -0.05) is 30.3 Å². The Morgan fingerprint density at radius 3 is 2.40 bits per heavy atom. The number of hydrogen-bond acceptors (Lipinski definition) is 6. The Morgan fingerprint density at radius 1 is 0.967 bits per heavy atom. The van der Waals surface area contributed by atoms with Crippen molar-refractivity contribution in [3.05, 3.63) is 106 Å². The van der Waals surface area contributed by atoms with Crippen LogP contribution in [0, 0.1) is 10.1 Å². The Labute approximate surface area is 172 Å². The van der Waals surface area contributed by atoms with E-state index >= 15 is 0 Å². The van der Waals surface area contributed by atoms with Crippen molar-refractivity contribution in [1.82, 2.24) is 0 Å². The van der Waals surface area contributed by atoms with Gasteiger partial charge in [-0.15, -0.1) is 0 Å². The Bertz CT molecular complexity index is 1120. The number of benzene rings is 3. The number of allylic oxidation sites excluding steroid dienone is 1.